The Kier molecular flexibility index (Phi) is 5.52. The van der Waals surface area contributed by atoms with Gasteiger partial charge in [-0.25, -0.2) is 0 Å². The summed E-state index contributed by atoms with van der Waals surface area (Å²) in [5, 5.41) is 2.83. The van der Waals surface area contributed by atoms with Gasteiger partial charge in [-0.05, 0) is 43.5 Å². The molecule has 1 amide bonds. The summed E-state index contributed by atoms with van der Waals surface area (Å²) in [7, 11) is 0. The van der Waals surface area contributed by atoms with Crippen LogP contribution in [0.15, 0.2) is 54.6 Å². The average molecular weight is 350 g/mol. The van der Waals surface area contributed by atoms with Crippen LogP contribution in [0.5, 0.6) is 0 Å². The summed E-state index contributed by atoms with van der Waals surface area (Å²) in [6.45, 7) is 3.42. The summed E-state index contributed by atoms with van der Waals surface area (Å²) in [5.74, 6) is -0.335. The predicted octanol–water partition coefficient (Wildman–Crippen LogP) is 3.63. The molecule has 0 fully saturated rings. The van der Waals surface area contributed by atoms with Gasteiger partial charge in [-0.1, -0.05) is 42.5 Å². The highest BCUT2D eigenvalue weighted by Crippen LogP contribution is 2.29. The molecule has 2 unspecified atom stereocenters. The minimum Gasteiger partial charge on any atom is -0.351 e. The van der Waals surface area contributed by atoms with E-state index in [1.165, 1.54) is 12.1 Å². The van der Waals surface area contributed by atoms with E-state index in [1.807, 2.05) is 6.07 Å². The Bertz CT molecular complexity index is 710. The smallest absolute Gasteiger partial charge is 0.351 e. The van der Waals surface area contributed by atoms with Crippen molar-refractivity contribution >= 4 is 5.91 Å². The number of carbonyl (C=O) groups is 1. The Labute approximate surface area is 145 Å². The highest BCUT2D eigenvalue weighted by atomic mass is 19.4. The molecule has 2 aromatic rings. The number of nitrogens with two attached hydrogens (primary N) is 1. The van der Waals surface area contributed by atoms with Crippen LogP contribution in [0.1, 0.15) is 30.5 Å². The first-order valence-electron chi connectivity index (χ1n) is 7.92. The zero-order valence-electron chi connectivity index (χ0n) is 14.1. The molecule has 0 bridgehead atoms. The fraction of sp³-hybridized carbons (Fsp3) is 0.316. The van der Waals surface area contributed by atoms with Crippen LogP contribution in [0.3, 0.4) is 0 Å². The van der Waals surface area contributed by atoms with Crippen molar-refractivity contribution in [1.82, 2.24) is 5.32 Å². The molecule has 3 N–H and O–H groups in total. The minimum absolute atomic E-state index is 0.268. The van der Waals surface area contributed by atoms with Gasteiger partial charge in [-0.2, -0.15) is 13.2 Å². The molecule has 2 atom stereocenters. The first-order valence-corrected chi connectivity index (χ1v) is 7.92. The second-order valence-corrected chi connectivity index (χ2v) is 6.34. The highest BCUT2D eigenvalue weighted by molar-refractivity contribution is 5.87. The van der Waals surface area contributed by atoms with Gasteiger partial charge in [0.15, 0.2) is 0 Å². The summed E-state index contributed by atoms with van der Waals surface area (Å²) in [6.07, 6.45) is -3.94. The largest absolute Gasteiger partial charge is 0.416 e. The second kappa shape index (κ2) is 7.27. The summed E-state index contributed by atoms with van der Waals surface area (Å²) in [5.41, 5.74) is 5.68. The lowest BCUT2D eigenvalue weighted by molar-refractivity contribution is -0.137. The number of nitrogens with one attached hydrogen (secondary N) is 1. The van der Waals surface area contributed by atoms with E-state index in [9.17, 15) is 18.0 Å². The van der Waals surface area contributed by atoms with Crippen LogP contribution >= 0.6 is 0 Å². The minimum atomic E-state index is -4.35. The van der Waals surface area contributed by atoms with Gasteiger partial charge in [0.1, 0.15) is 5.54 Å². The Morgan fingerprint density at radius 2 is 1.60 bits per heavy atom. The number of carbonyl (C=O) groups excluding carboxylic acids is 1. The summed E-state index contributed by atoms with van der Waals surface area (Å²) < 4.78 is 37.7. The van der Waals surface area contributed by atoms with Crippen molar-refractivity contribution < 1.29 is 18.0 Å². The molecule has 0 radical (unpaired) electrons. The Balaban J connectivity index is 2.00. The standard InChI is InChI=1S/C19H21F3N2O/c1-13(12-14-8-10-16(11-9-14)19(20,21)22)24-17(25)18(2,23)15-6-4-3-5-7-15/h3-11,13H,12,23H2,1-2H3,(H,24,25). The molecular formula is C19H21F3N2O. The number of amides is 1. The van der Waals surface area contributed by atoms with Crippen LogP contribution in [0, 0.1) is 0 Å². The third-order valence-corrected chi connectivity index (χ3v) is 4.05. The SMILES string of the molecule is CC(Cc1ccc(C(F)(F)F)cc1)NC(=O)C(C)(N)c1ccccc1. The monoisotopic (exact) mass is 350 g/mol. The van der Waals surface area contributed by atoms with E-state index in [1.54, 1.807) is 38.1 Å². The summed E-state index contributed by atoms with van der Waals surface area (Å²) in [4.78, 5) is 12.5. The first-order chi connectivity index (χ1) is 11.6. The van der Waals surface area contributed by atoms with Crippen molar-refractivity contribution in [3.05, 3.63) is 71.3 Å². The fourth-order valence-electron chi connectivity index (χ4n) is 2.52. The average Bonchev–Trinajstić information content (AvgIpc) is 2.55. The number of hydrogen-bond acceptors (Lipinski definition) is 2. The Morgan fingerprint density at radius 3 is 2.12 bits per heavy atom. The molecule has 134 valence electrons. The van der Waals surface area contributed by atoms with Gasteiger partial charge in [0.2, 0.25) is 5.91 Å². The second-order valence-electron chi connectivity index (χ2n) is 6.34. The van der Waals surface area contributed by atoms with Gasteiger partial charge >= 0.3 is 6.18 Å². The molecule has 0 spiro atoms. The topological polar surface area (TPSA) is 55.1 Å². The fourth-order valence-corrected chi connectivity index (χ4v) is 2.52. The van der Waals surface area contributed by atoms with E-state index >= 15 is 0 Å². The molecular weight excluding hydrogens is 329 g/mol. The molecule has 2 rings (SSSR count). The molecule has 0 heterocycles. The van der Waals surface area contributed by atoms with E-state index in [0.717, 1.165) is 12.1 Å². The van der Waals surface area contributed by atoms with Crippen LogP contribution in [-0.4, -0.2) is 11.9 Å². The van der Waals surface area contributed by atoms with Crippen molar-refractivity contribution in [3.8, 4) is 0 Å². The maximum absolute atomic E-state index is 12.6. The van der Waals surface area contributed by atoms with Crippen molar-refractivity contribution in [2.45, 2.75) is 38.0 Å². The van der Waals surface area contributed by atoms with Crippen LogP contribution in [0.2, 0.25) is 0 Å². The lowest BCUT2D eigenvalue weighted by atomic mass is 9.91. The van der Waals surface area contributed by atoms with Crippen LogP contribution in [0.25, 0.3) is 0 Å². The zero-order chi connectivity index (χ0) is 18.7. The van der Waals surface area contributed by atoms with Gasteiger partial charge in [-0.15, -0.1) is 0 Å². The third-order valence-electron chi connectivity index (χ3n) is 4.05. The lowest BCUT2D eigenvalue weighted by Gasteiger charge is -2.26. The maximum atomic E-state index is 12.6. The van der Waals surface area contributed by atoms with Crippen LogP contribution in [-0.2, 0) is 22.9 Å². The molecule has 0 aliphatic rings. The number of halogens is 3. The van der Waals surface area contributed by atoms with E-state index < -0.39 is 17.3 Å². The predicted molar refractivity (Wildman–Crippen MR) is 90.7 cm³/mol. The first kappa shape index (κ1) is 19.0. The molecule has 0 saturated heterocycles. The highest BCUT2D eigenvalue weighted by Gasteiger charge is 2.31. The summed E-state index contributed by atoms with van der Waals surface area (Å²) >= 11 is 0. The third kappa shape index (κ3) is 4.82. The molecule has 3 nitrogen and oxygen atoms in total. The molecule has 2 aromatic carbocycles. The zero-order valence-corrected chi connectivity index (χ0v) is 14.1. The van der Waals surface area contributed by atoms with Gasteiger partial charge in [0, 0.05) is 6.04 Å². The van der Waals surface area contributed by atoms with Gasteiger partial charge in [0.25, 0.3) is 0 Å². The lowest BCUT2D eigenvalue weighted by Crippen LogP contribution is -2.51. The summed E-state index contributed by atoms with van der Waals surface area (Å²) in [6, 6.07) is 13.7. The molecule has 25 heavy (non-hydrogen) atoms. The molecule has 6 heteroatoms. The van der Waals surface area contributed by atoms with Crippen LogP contribution < -0.4 is 11.1 Å². The van der Waals surface area contributed by atoms with Crippen molar-refractivity contribution in [2.75, 3.05) is 0 Å². The molecule has 0 aliphatic carbocycles. The number of benzene rings is 2. The van der Waals surface area contributed by atoms with E-state index in [0.29, 0.717) is 17.5 Å². The quantitative estimate of drug-likeness (QED) is 0.865. The van der Waals surface area contributed by atoms with E-state index in [4.69, 9.17) is 5.73 Å². The number of alkyl halides is 3. The molecule has 0 aliphatic heterocycles. The number of hydrogen-bond donors (Lipinski definition) is 2. The van der Waals surface area contributed by atoms with Crippen molar-refractivity contribution in [2.24, 2.45) is 5.73 Å². The Morgan fingerprint density at radius 1 is 1.04 bits per heavy atom. The normalized spacial score (nSPS) is 15.3. The number of rotatable bonds is 5. The van der Waals surface area contributed by atoms with E-state index in [2.05, 4.69) is 5.32 Å². The molecule has 0 aromatic heterocycles. The van der Waals surface area contributed by atoms with Gasteiger partial charge in [0.05, 0.1) is 5.56 Å². The maximum Gasteiger partial charge on any atom is 0.416 e. The Hall–Kier alpha value is -2.34. The molecule has 0 saturated carbocycles. The van der Waals surface area contributed by atoms with Crippen LogP contribution in [0.4, 0.5) is 13.2 Å². The van der Waals surface area contributed by atoms with Crippen molar-refractivity contribution in [3.63, 3.8) is 0 Å². The van der Waals surface area contributed by atoms with E-state index in [-0.39, 0.29) is 11.9 Å². The van der Waals surface area contributed by atoms with Crippen molar-refractivity contribution in [1.29, 1.82) is 0 Å². The van der Waals surface area contributed by atoms with Gasteiger partial charge < -0.3 is 11.1 Å². The van der Waals surface area contributed by atoms with Gasteiger partial charge in [-0.3, -0.25) is 4.79 Å².